The fourth-order valence-corrected chi connectivity index (χ4v) is 2.32. The van der Waals surface area contributed by atoms with Gasteiger partial charge >= 0.3 is 0 Å². The molecule has 0 heterocycles. The van der Waals surface area contributed by atoms with Gasteiger partial charge in [-0.25, -0.2) is 4.39 Å². The molecule has 0 aromatic heterocycles. The molecule has 2 aromatic carbocycles. The van der Waals surface area contributed by atoms with E-state index in [1.807, 2.05) is 0 Å². The summed E-state index contributed by atoms with van der Waals surface area (Å²) in [4.78, 5) is 11.4. The van der Waals surface area contributed by atoms with Crippen LogP contribution in [0.3, 0.4) is 0 Å². The zero-order valence-corrected chi connectivity index (χ0v) is 12.0. The first-order chi connectivity index (χ1) is 9.99. The number of nitrogens with one attached hydrogen (secondary N) is 1. The predicted molar refractivity (Wildman–Crippen MR) is 83.0 cm³/mol. The van der Waals surface area contributed by atoms with Crippen LogP contribution in [0.1, 0.15) is 15.9 Å². The molecule has 0 atom stereocenters. The summed E-state index contributed by atoms with van der Waals surface area (Å²) >= 11 is 6.07. The number of carbonyl (C=O) groups excluding carboxylic acids is 1. The first kappa shape index (κ1) is 15.1. The molecule has 0 bridgehead atoms. The summed E-state index contributed by atoms with van der Waals surface area (Å²) in [6, 6.07) is 9.49. The number of nitrogens with two attached hydrogens (primary N) is 2. The molecule has 21 heavy (non-hydrogen) atoms. The van der Waals surface area contributed by atoms with Gasteiger partial charge in [-0.3, -0.25) is 4.79 Å². The van der Waals surface area contributed by atoms with Crippen LogP contribution >= 0.6 is 11.6 Å². The molecule has 4 nitrogen and oxygen atoms in total. The lowest BCUT2D eigenvalue weighted by atomic mass is 10.1. The van der Waals surface area contributed by atoms with Crippen molar-refractivity contribution >= 4 is 28.9 Å². The van der Waals surface area contributed by atoms with Gasteiger partial charge in [0.2, 0.25) is 0 Å². The van der Waals surface area contributed by atoms with Gasteiger partial charge in [-0.15, -0.1) is 0 Å². The highest BCUT2D eigenvalue weighted by Crippen LogP contribution is 2.29. The zero-order valence-electron chi connectivity index (χ0n) is 11.2. The highest BCUT2D eigenvalue weighted by molar-refractivity contribution is 6.34. The standard InChI is InChI=1S/C15H15ClFN3O/c16-12-8-10(18)7-11(15(19)21)14(12)20-6-5-9-3-1-2-4-13(9)17/h1-4,7-8,20H,5-6,18H2,(H2,19,21). The summed E-state index contributed by atoms with van der Waals surface area (Å²) in [6.45, 7) is 0.408. The monoisotopic (exact) mass is 307 g/mol. The molecule has 110 valence electrons. The number of halogens is 2. The van der Waals surface area contributed by atoms with Crippen LogP contribution in [0.4, 0.5) is 15.8 Å². The number of hydrogen-bond acceptors (Lipinski definition) is 3. The van der Waals surface area contributed by atoms with E-state index in [1.54, 1.807) is 18.2 Å². The van der Waals surface area contributed by atoms with Gasteiger partial charge in [-0.2, -0.15) is 0 Å². The molecule has 6 heteroatoms. The average molecular weight is 308 g/mol. The summed E-state index contributed by atoms with van der Waals surface area (Å²) in [6.07, 6.45) is 0.450. The van der Waals surface area contributed by atoms with E-state index < -0.39 is 5.91 Å². The number of amides is 1. The largest absolute Gasteiger partial charge is 0.399 e. The molecule has 0 aliphatic carbocycles. The van der Waals surface area contributed by atoms with Crippen molar-refractivity contribution < 1.29 is 9.18 Å². The first-order valence-electron chi connectivity index (χ1n) is 6.35. The smallest absolute Gasteiger partial charge is 0.250 e. The number of primary amides is 1. The molecule has 5 N–H and O–H groups in total. The third-order valence-corrected chi connectivity index (χ3v) is 3.33. The van der Waals surface area contributed by atoms with Crippen LogP contribution in [0, 0.1) is 5.82 Å². The van der Waals surface area contributed by atoms with Crippen molar-refractivity contribution in [2.45, 2.75) is 6.42 Å². The fraction of sp³-hybridized carbons (Fsp3) is 0.133. The van der Waals surface area contributed by atoms with Gasteiger partial charge in [-0.05, 0) is 30.2 Å². The molecule has 0 spiro atoms. The molecular weight excluding hydrogens is 293 g/mol. The highest BCUT2D eigenvalue weighted by atomic mass is 35.5. The quantitative estimate of drug-likeness (QED) is 0.743. The average Bonchev–Trinajstić information content (AvgIpc) is 2.42. The predicted octanol–water partition coefficient (Wildman–Crippen LogP) is 2.81. The minimum atomic E-state index is -0.627. The number of carbonyl (C=O) groups is 1. The lowest BCUT2D eigenvalue weighted by molar-refractivity contribution is 0.100. The maximum atomic E-state index is 13.5. The van der Waals surface area contributed by atoms with E-state index in [2.05, 4.69) is 5.32 Å². The van der Waals surface area contributed by atoms with Crippen LogP contribution in [0.5, 0.6) is 0 Å². The van der Waals surface area contributed by atoms with E-state index in [0.29, 0.717) is 34.9 Å². The molecule has 1 amide bonds. The fourth-order valence-electron chi connectivity index (χ4n) is 2.02. The molecule has 0 saturated carbocycles. The first-order valence-corrected chi connectivity index (χ1v) is 6.73. The molecule has 0 aliphatic rings. The molecular formula is C15H15ClFN3O. The highest BCUT2D eigenvalue weighted by Gasteiger charge is 2.13. The topological polar surface area (TPSA) is 81.1 Å². The Labute approximate surface area is 126 Å². The minimum Gasteiger partial charge on any atom is -0.399 e. The van der Waals surface area contributed by atoms with Gasteiger partial charge in [0.15, 0.2) is 0 Å². The Morgan fingerprint density at radius 1 is 1.29 bits per heavy atom. The van der Waals surface area contributed by atoms with Crippen LogP contribution in [0.25, 0.3) is 0 Å². The van der Waals surface area contributed by atoms with E-state index in [-0.39, 0.29) is 11.4 Å². The number of rotatable bonds is 5. The Hall–Kier alpha value is -2.27. The lowest BCUT2D eigenvalue weighted by Crippen LogP contribution is -2.16. The second kappa shape index (κ2) is 6.45. The van der Waals surface area contributed by atoms with Crippen molar-refractivity contribution in [1.82, 2.24) is 0 Å². The van der Waals surface area contributed by atoms with Crippen molar-refractivity contribution in [2.75, 3.05) is 17.6 Å². The van der Waals surface area contributed by atoms with Gasteiger partial charge in [0.05, 0.1) is 16.3 Å². The van der Waals surface area contributed by atoms with Crippen molar-refractivity contribution in [1.29, 1.82) is 0 Å². The summed E-state index contributed by atoms with van der Waals surface area (Å²) in [5, 5.41) is 3.31. The summed E-state index contributed by atoms with van der Waals surface area (Å²) in [7, 11) is 0. The van der Waals surface area contributed by atoms with Crippen molar-refractivity contribution in [3.8, 4) is 0 Å². The Morgan fingerprint density at radius 2 is 2.00 bits per heavy atom. The van der Waals surface area contributed by atoms with Gasteiger partial charge in [0, 0.05) is 12.2 Å². The molecule has 0 radical (unpaired) electrons. The Morgan fingerprint density at radius 3 is 2.67 bits per heavy atom. The molecule has 2 aromatic rings. The van der Waals surface area contributed by atoms with E-state index in [4.69, 9.17) is 23.1 Å². The van der Waals surface area contributed by atoms with Crippen LogP contribution in [-0.4, -0.2) is 12.5 Å². The van der Waals surface area contributed by atoms with Crippen molar-refractivity contribution in [3.63, 3.8) is 0 Å². The van der Waals surface area contributed by atoms with E-state index >= 15 is 0 Å². The number of anilines is 2. The molecule has 0 aliphatic heterocycles. The normalized spacial score (nSPS) is 10.4. The Bertz CT molecular complexity index is 676. The minimum absolute atomic E-state index is 0.216. The van der Waals surface area contributed by atoms with Gasteiger partial charge in [0.1, 0.15) is 5.82 Å². The van der Waals surface area contributed by atoms with Crippen molar-refractivity contribution in [2.24, 2.45) is 5.73 Å². The van der Waals surface area contributed by atoms with Crippen molar-refractivity contribution in [3.05, 3.63) is 58.4 Å². The van der Waals surface area contributed by atoms with Crippen LogP contribution in [0.15, 0.2) is 36.4 Å². The lowest BCUT2D eigenvalue weighted by Gasteiger charge is -2.13. The van der Waals surface area contributed by atoms with Gasteiger partial charge in [0.25, 0.3) is 5.91 Å². The Kier molecular flexibility index (Phi) is 4.65. The van der Waals surface area contributed by atoms with Crippen LogP contribution < -0.4 is 16.8 Å². The zero-order chi connectivity index (χ0) is 15.4. The summed E-state index contributed by atoms with van der Waals surface area (Å²) < 4.78 is 13.5. The third kappa shape index (κ3) is 3.64. The molecule has 0 fully saturated rings. The van der Waals surface area contributed by atoms with Crippen LogP contribution in [-0.2, 0) is 6.42 Å². The summed E-state index contributed by atoms with van der Waals surface area (Å²) in [5.41, 5.74) is 12.5. The maximum Gasteiger partial charge on any atom is 0.250 e. The van der Waals surface area contributed by atoms with Gasteiger partial charge in [-0.1, -0.05) is 29.8 Å². The van der Waals surface area contributed by atoms with Crippen LogP contribution in [0.2, 0.25) is 5.02 Å². The second-order valence-corrected chi connectivity index (χ2v) is 4.96. The summed E-state index contributed by atoms with van der Waals surface area (Å²) in [5.74, 6) is -0.893. The van der Waals surface area contributed by atoms with E-state index in [1.165, 1.54) is 18.2 Å². The number of benzene rings is 2. The Balaban J connectivity index is 2.13. The molecule has 0 saturated heterocycles. The van der Waals surface area contributed by atoms with Gasteiger partial charge < -0.3 is 16.8 Å². The molecule has 2 rings (SSSR count). The van der Waals surface area contributed by atoms with E-state index in [9.17, 15) is 9.18 Å². The SMILES string of the molecule is NC(=O)c1cc(N)cc(Cl)c1NCCc1ccccc1F. The molecule has 0 unspecified atom stereocenters. The second-order valence-electron chi connectivity index (χ2n) is 4.56. The van der Waals surface area contributed by atoms with E-state index in [0.717, 1.165) is 0 Å². The number of nitrogen functional groups attached to an aromatic ring is 1. The number of hydrogen-bond donors (Lipinski definition) is 3. The maximum absolute atomic E-state index is 13.5. The third-order valence-electron chi connectivity index (χ3n) is 3.03.